The number of unbranched alkanes of at least 4 members (excludes halogenated alkanes) is 1. The molecule has 1 heterocycles. The average molecular weight is 419 g/mol. The number of benzene rings is 1. The van der Waals surface area contributed by atoms with Gasteiger partial charge in [0.15, 0.2) is 0 Å². The summed E-state index contributed by atoms with van der Waals surface area (Å²) in [5, 5.41) is 3.82. The van der Waals surface area contributed by atoms with E-state index in [9.17, 15) is 9.59 Å². The molecule has 0 aliphatic carbocycles. The molecule has 0 spiro atoms. The van der Waals surface area contributed by atoms with Crippen LogP contribution in [0.5, 0.6) is 11.5 Å². The lowest BCUT2D eigenvalue weighted by Gasteiger charge is -2.20. The van der Waals surface area contributed by atoms with Crippen molar-refractivity contribution in [3.8, 4) is 11.5 Å². The van der Waals surface area contributed by atoms with Crippen LogP contribution in [0.3, 0.4) is 0 Å². The highest BCUT2D eigenvalue weighted by molar-refractivity contribution is 5.83. The monoisotopic (exact) mass is 418 g/mol. The zero-order chi connectivity index (χ0) is 22.1. The highest BCUT2D eigenvalue weighted by atomic mass is 16.7. The molecule has 1 aromatic rings. The molecule has 1 aliphatic heterocycles. The Morgan fingerprint density at radius 3 is 2.67 bits per heavy atom. The van der Waals surface area contributed by atoms with Crippen LogP contribution in [-0.2, 0) is 9.63 Å². The van der Waals surface area contributed by atoms with Crippen LogP contribution in [0.15, 0.2) is 23.9 Å². The van der Waals surface area contributed by atoms with E-state index in [-0.39, 0.29) is 18.4 Å². The van der Waals surface area contributed by atoms with Crippen LogP contribution in [-0.4, -0.2) is 37.8 Å². The molecule has 7 nitrogen and oxygen atoms in total. The lowest BCUT2D eigenvalue weighted by molar-refractivity contribution is -0.178. The van der Waals surface area contributed by atoms with Gasteiger partial charge in [-0.2, -0.15) is 0 Å². The van der Waals surface area contributed by atoms with Gasteiger partial charge in [0.25, 0.3) is 0 Å². The quantitative estimate of drug-likeness (QED) is 0.560. The number of hydrogen-bond acceptors (Lipinski definition) is 5. The first-order chi connectivity index (χ1) is 14.4. The standard InChI is InChI=1S/C23H34N2O5/c1-6-8-9-17(7-2)12-16(3)22(26)30-25-15-19(24-23(25)27)13-18-10-11-20(28-4)14-21(18)29-5/h10-11,13-14,16-17H,6-9,12,15H2,1-5H3,(H,24,27)/b19-13+. The molecule has 2 unspecified atom stereocenters. The third kappa shape index (κ3) is 6.40. The molecule has 1 N–H and O–H groups in total. The summed E-state index contributed by atoms with van der Waals surface area (Å²) in [4.78, 5) is 30.1. The Balaban J connectivity index is 1.98. The van der Waals surface area contributed by atoms with E-state index in [1.807, 2.05) is 19.1 Å². The van der Waals surface area contributed by atoms with Crippen LogP contribution in [0, 0.1) is 11.8 Å². The summed E-state index contributed by atoms with van der Waals surface area (Å²) in [6.07, 6.45) is 7.04. The van der Waals surface area contributed by atoms with Crippen LogP contribution in [0.4, 0.5) is 4.79 Å². The minimum atomic E-state index is -0.452. The van der Waals surface area contributed by atoms with Gasteiger partial charge in [0.2, 0.25) is 0 Å². The van der Waals surface area contributed by atoms with Gasteiger partial charge in [-0.05, 0) is 30.5 Å². The number of urea groups is 1. The lowest BCUT2D eigenvalue weighted by Crippen LogP contribution is -2.33. The first-order valence-corrected chi connectivity index (χ1v) is 10.6. The number of methoxy groups -OCH3 is 2. The van der Waals surface area contributed by atoms with Crippen molar-refractivity contribution in [2.24, 2.45) is 11.8 Å². The Bertz CT molecular complexity index is 762. The second-order valence-corrected chi connectivity index (χ2v) is 7.71. The topological polar surface area (TPSA) is 77.1 Å². The van der Waals surface area contributed by atoms with Gasteiger partial charge in [0, 0.05) is 17.3 Å². The van der Waals surface area contributed by atoms with E-state index in [0.717, 1.165) is 42.7 Å². The summed E-state index contributed by atoms with van der Waals surface area (Å²) in [6, 6.07) is 4.97. The van der Waals surface area contributed by atoms with E-state index in [4.69, 9.17) is 14.3 Å². The molecule has 2 atom stereocenters. The maximum absolute atomic E-state index is 12.5. The molecule has 7 heteroatoms. The minimum absolute atomic E-state index is 0.166. The highest BCUT2D eigenvalue weighted by Crippen LogP contribution is 2.27. The van der Waals surface area contributed by atoms with E-state index in [1.54, 1.807) is 26.4 Å². The van der Waals surface area contributed by atoms with Gasteiger partial charge in [-0.15, -0.1) is 5.06 Å². The number of amides is 2. The maximum Gasteiger partial charge on any atom is 0.355 e. The summed E-state index contributed by atoms with van der Waals surface area (Å²) in [6.45, 7) is 6.35. The predicted octanol–water partition coefficient (Wildman–Crippen LogP) is 4.77. The summed E-state index contributed by atoms with van der Waals surface area (Å²) >= 11 is 0. The predicted molar refractivity (Wildman–Crippen MR) is 116 cm³/mol. The SMILES string of the molecule is CCCCC(CC)CC(C)C(=O)ON1C/C(=C\c2ccc(OC)cc2OC)NC1=O. The second kappa shape index (κ2) is 11.5. The van der Waals surface area contributed by atoms with Crippen molar-refractivity contribution < 1.29 is 23.9 Å². The molecule has 2 rings (SSSR count). The number of rotatable bonds is 11. The molecule has 1 saturated heterocycles. The number of carbonyl (C=O) groups excluding carboxylic acids is 2. The van der Waals surface area contributed by atoms with Gasteiger partial charge < -0.3 is 19.6 Å². The van der Waals surface area contributed by atoms with E-state index < -0.39 is 6.03 Å². The van der Waals surface area contributed by atoms with Gasteiger partial charge in [-0.1, -0.05) is 46.5 Å². The molecule has 0 saturated carbocycles. The minimum Gasteiger partial charge on any atom is -0.497 e. The van der Waals surface area contributed by atoms with E-state index >= 15 is 0 Å². The molecule has 1 aromatic carbocycles. The van der Waals surface area contributed by atoms with Gasteiger partial charge in [0.05, 0.1) is 20.1 Å². The molecule has 0 aromatic heterocycles. The van der Waals surface area contributed by atoms with Crippen molar-refractivity contribution in [2.75, 3.05) is 20.8 Å². The molecule has 1 fully saturated rings. The van der Waals surface area contributed by atoms with Gasteiger partial charge in [-0.25, -0.2) is 9.59 Å². The van der Waals surface area contributed by atoms with Crippen LogP contribution in [0.2, 0.25) is 0 Å². The molecular weight excluding hydrogens is 384 g/mol. The molecule has 1 aliphatic rings. The van der Waals surface area contributed by atoms with E-state index in [2.05, 4.69) is 19.2 Å². The van der Waals surface area contributed by atoms with Crippen molar-refractivity contribution in [3.63, 3.8) is 0 Å². The summed E-state index contributed by atoms with van der Waals surface area (Å²) in [5.41, 5.74) is 1.41. The average Bonchev–Trinajstić information content (AvgIpc) is 3.09. The zero-order valence-corrected chi connectivity index (χ0v) is 18.7. The van der Waals surface area contributed by atoms with Crippen molar-refractivity contribution in [3.05, 3.63) is 29.5 Å². The number of hydroxylamine groups is 2. The largest absolute Gasteiger partial charge is 0.497 e. The Morgan fingerprint density at radius 2 is 2.03 bits per heavy atom. The molecule has 0 radical (unpaired) electrons. The van der Waals surface area contributed by atoms with Crippen molar-refractivity contribution in [1.29, 1.82) is 0 Å². The lowest BCUT2D eigenvalue weighted by atomic mass is 9.89. The van der Waals surface area contributed by atoms with Crippen LogP contribution < -0.4 is 14.8 Å². The number of nitrogens with zero attached hydrogens (tertiary/aromatic N) is 1. The molecular formula is C23H34N2O5. The van der Waals surface area contributed by atoms with Crippen LogP contribution in [0.25, 0.3) is 6.08 Å². The van der Waals surface area contributed by atoms with E-state index in [0.29, 0.717) is 23.1 Å². The van der Waals surface area contributed by atoms with Gasteiger partial charge in [0.1, 0.15) is 18.0 Å². The number of hydrogen-bond donors (Lipinski definition) is 1. The van der Waals surface area contributed by atoms with Crippen molar-refractivity contribution >= 4 is 18.1 Å². The maximum atomic E-state index is 12.5. The van der Waals surface area contributed by atoms with Gasteiger partial charge in [-0.3, -0.25) is 0 Å². The Morgan fingerprint density at radius 1 is 1.27 bits per heavy atom. The fraction of sp³-hybridized carbons (Fsp3) is 0.565. The smallest absolute Gasteiger partial charge is 0.355 e. The first kappa shape index (κ1) is 23.6. The van der Waals surface area contributed by atoms with Crippen LogP contribution in [0.1, 0.15) is 58.4 Å². The van der Waals surface area contributed by atoms with E-state index in [1.165, 1.54) is 0 Å². The normalized spacial score (nSPS) is 16.9. The second-order valence-electron chi connectivity index (χ2n) is 7.71. The third-order valence-electron chi connectivity index (χ3n) is 5.41. The fourth-order valence-electron chi connectivity index (χ4n) is 3.52. The molecule has 0 bridgehead atoms. The van der Waals surface area contributed by atoms with Crippen LogP contribution >= 0.6 is 0 Å². The Labute approximate surface area is 179 Å². The number of ether oxygens (including phenoxy) is 2. The molecule has 30 heavy (non-hydrogen) atoms. The number of nitrogens with one attached hydrogen (secondary N) is 1. The highest BCUT2D eigenvalue weighted by Gasteiger charge is 2.30. The fourth-order valence-corrected chi connectivity index (χ4v) is 3.52. The summed E-state index contributed by atoms with van der Waals surface area (Å²) in [7, 11) is 3.16. The third-order valence-corrected chi connectivity index (χ3v) is 5.41. The Hall–Kier alpha value is -2.70. The zero-order valence-electron chi connectivity index (χ0n) is 18.7. The van der Waals surface area contributed by atoms with Crippen molar-refractivity contribution in [2.45, 2.75) is 52.9 Å². The van der Waals surface area contributed by atoms with Gasteiger partial charge >= 0.3 is 12.0 Å². The summed E-state index contributed by atoms with van der Waals surface area (Å²) < 4.78 is 10.6. The van der Waals surface area contributed by atoms with Crippen molar-refractivity contribution in [1.82, 2.24) is 10.4 Å². The molecule has 2 amide bonds. The first-order valence-electron chi connectivity index (χ1n) is 10.6. The summed E-state index contributed by atoms with van der Waals surface area (Å²) in [5.74, 6) is 1.17. The molecule has 166 valence electrons. The Kier molecular flexibility index (Phi) is 9.02. The number of carbonyl (C=O) groups is 2.